The lowest BCUT2D eigenvalue weighted by molar-refractivity contribution is -0.141. The molecule has 0 aromatic heterocycles. The largest absolute Gasteiger partial charge is 0.481 e. The SMILES string of the molecule is CC(CC(=O)NCCC(C)C(=O)O)NC(=O)OCC1c2ccccc2-c2ccccc21. The summed E-state index contributed by atoms with van der Waals surface area (Å²) in [5.74, 6) is -1.67. The molecule has 0 saturated heterocycles. The van der Waals surface area contributed by atoms with Gasteiger partial charge < -0.3 is 20.5 Å². The van der Waals surface area contributed by atoms with Gasteiger partial charge in [-0.15, -0.1) is 0 Å². The molecule has 2 amide bonds. The van der Waals surface area contributed by atoms with Crippen LogP contribution in [-0.4, -0.2) is 42.3 Å². The third-order valence-electron chi connectivity index (χ3n) is 5.52. The average molecular weight is 424 g/mol. The van der Waals surface area contributed by atoms with Gasteiger partial charge >= 0.3 is 12.1 Å². The Morgan fingerprint density at radius 2 is 1.58 bits per heavy atom. The van der Waals surface area contributed by atoms with E-state index in [9.17, 15) is 14.4 Å². The summed E-state index contributed by atoms with van der Waals surface area (Å²) in [7, 11) is 0. The summed E-state index contributed by atoms with van der Waals surface area (Å²) in [6, 6.07) is 15.8. The van der Waals surface area contributed by atoms with Crippen LogP contribution < -0.4 is 10.6 Å². The minimum Gasteiger partial charge on any atom is -0.481 e. The zero-order valence-corrected chi connectivity index (χ0v) is 17.8. The molecule has 2 aromatic carbocycles. The molecule has 2 aromatic rings. The maximum absolute atomic E-state index is 12.3. The second-order valence-electron chi connectivity index (χ2n) is 7.95. The van der Waals surface area contributed by atoms with Gasteiger partial charge in [-0.1, -0.05) is 55.5 Å². The van der Waals surface area contributed by atoms with Crippen LogP contribution in [0.25, 0.3) is 11.1 Å². The van der Waals surface area contributed by atoms with Crippen LogP contribution in [0.15, 0.2) is 48.5 Å². The molecule has 0 fully saturated rings. The standard InChI is InChI=1S/C24H28N2O5/c1-15(23(28)29)11-12-25-22(27)13-16(2)26-24(30)31-14-21-19-9-5-3-7-17(19)18-8-4-6-10-20(18)21/h3-10,15-16,21H,11-14H2,1-2H3,(H,25,27)(H,26,30)(H,28,29). The van der Waals surface area contributed by atoms with Crippen molar-refractivity contribution in [2.45, 2.75) is 38.6 Å². The molecule has 1 aliphatic carbocycles. The molecule has 0 aliphatic heterocycles. The van der Waals surface area contributed by atoms with Crippen molar-refractivity contribution in [3.63, 3.8) is 0 Å². The monoisotopic (exact) mass is 424 g/mol. The predicted octanol–water partition coefficient (Wildman–Crippen LogP) is 3.53. The van der Waals surface area contributed by atoms with E-state index in [1.807, 2.05) is 24.3 Å². The molecule has 2 unspecified atom stereocenters. The first-order valence-electron chi connectivity index (χ1n) is 10.5. The Kier molecular flexibility index (Phi) is 7.28. The summed E-state index contributed by atoms with van der Waals surface area (Å²) >= 11 is 0. The molecule has 3 N–H and O–H groups in total. The fraction of sp³-hybridized carbons (Fsp3) is 0.375. The van der Waals surface area contributed by atoms with Crippen molar-refractivity contribution >= 4 is 18.0 Å². The summed E-state index contributed by atoms with van der Waals surface area (Å²) in [6.07, 6.45) is -0.123. The van der Waals surface area contributed by atoms with E-state index >= 15 is 0 Å². The van der Waals surface area contributed by atoms with Gasteiger partial charge in [0.05, 0.1) is 5.92 Å². The Morgan fingerprint density at radius 3 is 2.16 bits per heavy atom. The zero-order valence-electron chi connectivity index (χ0n) is 17.8. The molecule has 31 heavy (non-hydrogen) atoms. The van der Waals surface area contributed by atoms with E-state index in [4.69, 9.17) is 9.84 Å². The second-order valence-corrected chi connectivity index (χ2v) is 7.95. The minimum absolute atomic E-state index is 0.0204. The number of benzene rings is 2. The van der Waals surface area contributed by atoms with Crippen molar-refractivity contribution in [1.29, 1.82) is 0 Å². The summed E-state index contributed by atoms with van der Waals surface area (Å²) in [5, 5.41) is 14.2. The van der Waals surface area contributed by atoms with Crippen LogP contribution in [0.5, 0.6) is 0 Å². The summed E-state index contributed by atoms with van der Waals surface area (Å²) in [4.78, 5) is 35.0. The molecule has 164 valence electrons. The van der Waals surface area contributed by atoms with Crippen molar-refractivity contribution in [3.05, 3.63) is 59.7 Å². The number of hydrogen-bond donors (Lipinski definition) is 3. The zero-order chi connectivity index (χ0) is 22.4. The topological polar surface area (TPSA) is 105 Å². The van der Waals surface area contributed by atoms with Gasteiger partial charge in [0.1, 0.15) is 6.61 Å². The van der Waals surface area contributed by atoms with Crippen molar-refractivity contribution < 1.29 is 24.2 Å². The quantitative estimate of drug-likeness (QED) is 0.571. The first kappa shape index (κ1) is 22.3. The Labute approximate surface area is 181 Å². The number of aliphatic carboxylic acids is 1. The normalized spacial score (nSPS) is 14.1. The van der Waals surface area contributed by atoms with E-state index in [0.717, 1.165) is 22.3 Å². The first-order valence-corrected chi connectivity index (χ1v) is 10.5. The third kappa shape index (κ3) is 5.63. The van der Waals surface area contributed by atoms with Gasteiger partial charge in [-0.05, 0) is 35.6 Å². The molecule has 7 nitrogen and oxygen atoms in total. The maximum atomic E-state index is 12.3. The van der Waals surface area contributed by atoms with Crippen molar-refractivity contribution in [3.8, 4) is 11.1 Å². The van der Waals surface area contributed by atoms with E-state index in [1.165, 1.54) is 0 Å². The summed E-state index contributed by atoms with van der Waals surface area (Å²) in [6.45, 7) is 3.81. The molecule has 2 atom stereocenters. The number of nitrogens with one attached hydrogen (secondary N) is 2. The molecule has 0 spiro atoms. The number of amides is 2. The van der Waals surface area contributed by atoms with Gasteiger partial charge in [0, 0.05) is 24.9 Å². The van der Waals surface area contributed by atoms with E-state index < -0.39 is 24.0 Å². The number of carboxylic acids is 1. The van der Waals surface area contributed by atoms with Crippen molar-refractivity contribution in [2.24, 2.45) is 5.92 Å². The number of carbonyl (C=O) groups is 3. The van der Waals surface area contributed by atoms with E-state index in [1.54, 1.807) is 13.8 Å². The Hall–Kier alpha value is -3.35. The smallest absolute Gasteiger partial charge is 0.407 e. The van der Waals surface area contributed by atoms with Crippen LogP contribution in [0.3, 0.4) is 0 Å². The highest BCUT2D eigenvalue weighted by atomic mass is 16.5. The van der Waals surface area contributed by atoms with E-state index in [-0.39, 0.29) is 31.4 Å². The molecular weight excluding hydrogens is 396 g/mol. The highest BCUT2D eigenvalue weighted by Gasteiger charge is 2.29. The van der Waals surface area contributed by atoms with Gasteiger partial charge in [-0.25, -0.2) is 4.79 Å². The molecular formula is C24H28N2O5. The number of ether oxygens (including phenoxy) is 1. The van der Waals surface area contributed by atoms with Gasteiger partial charge in [0.2, 0.25) is 5.91 Å². The maximum Gasteiger partial charge on any atom is 0.407 e. The van der Waals surface area contributed by atoms with Crippen LogP contribution in [0.1, 0.15) is 43.7 Å². The number of fused-ring (bicyclic) bond motifs is 3. The van der Waals surface area contributed by atoms with Gasteiger partial charge in [-0.3, -0.25) is 9.59 Å². The number of rotatable bonds is 9. The van der Waals surface area contributed by atoms with E-state index in [2.05, 4.69) is 34.9 Å². The van der Waals surface area contributed by atoms with Crippen LogP contribution in [-0.2, 0) is 14.3 Å². The third-order valence-corrected chi connectivity index (χ3v) is 5.52. The number of carbonyl (C=O) groups excluding carboxylic acids is 2. The van der Waals surface area contributed by atoms with E-state index in [0.29, 0.717) is 6.42 Å². The highest BCUT2D eigenvalue weighted by Crippen LogP contribution is 2.44. The number of alkyl carbamates (subject to hydrolysis) is 1. The summed E-state index contributed by atoms with van der Waals surface area (Å²) < 4.78 is 5.48. The highest BCUT2D eigenvalue weighted by molar-refractivity contribution is 5.79. The van der Waals surface area contributed by atoms with Crippen LogP contribution >= 0.6 is 0 Å². The lowest BCUT2D eigenvalue weighted by Crippen LogP contribution is -2.38. The van der Waals surface area contributed by atoms with Crippen molar-refractivity contribution in [2.75, 3.05) is 13.2 Å². The minimum atomic E-state index is -0.889. The Bertz CT molecular complexity index is 913. The molecule has 3 rings (SSSR count). The Morgan fingerprint density at radius 1 is 1.00 bits per heavy atom. The molecule has 0 saturated carbocycles. The van der Waals surface area contributed by atoms with Crippen LogP contribution in [0.4, 0.5) is 4.79 Å². The first-order chi connectivity index (χ1) is 14.9. The predicted molar refractivity (Wildman–Crippen MR) is 117 cm³/mol. The fourth-order valence-electron chi connectivity index (χ4n) is 3.79. The van der Waals surface area contributed by atoms with Crippen LogP contribution in [0, 0.1) is 5.92 Å². The van der Waals surface area contributed by atoms with Crippen LogP contribution in [0.2, 0.25) is 0 Å². The van der Waals surface area contributed by atoms with Gasteiger partial charge in [0.15, 0.2) is 0 Å². The second kappa shape index (κ2) is 10.1. The molecule has 7 heteroatoms. The van der Waals surface area contributed by atoms with Crippen molar-refractivity contribution in [1.82, 2.24) is 10.6 Å². The van der Waals surface area contributed by atoms with Gasteiger partial charge in [-0.2, -0.15) is 0 Å². The number of carboxylic acid groups (broad SMARTS) is 1. The molecule has 0 heterocycles. The number of hydrogen-bond acceptors (Lipinski definition) is 4. The van der Waals surface area contributed by atoms with Gasteiger partial charge in [0.25, 0.3) is 0 Å². The average Bonchev–Trinajstić information content (AvgIpc) is 3.05. The lowest BCUT2D eigenvalue weighted by atomic mass is 9.98. The Balaban J connectivity index is 1.46. The molecule has 0 radical (unpaired) electrons. The molecule has 0 bridgehead atoms. The summed E-state index contributed by atoms with van der Waals surface area (Å²) in [5.41, 5.74) is 4.60. The lowest BCUT2D eigenvalue weighted by Gasteiger charge is -2.17. The fourth-order valence-corrected chi connectivity index (χ4v) is 3.79. The molecule has 1 aliphatic rings.